The fraction of sp³-hybridized carbons (Fsp3) is 0.208. The molecule has 0 fully saturated rings. The molecule has 2 heterocycles. The van der Waals surface area contributed by atoms with Gasteiger partial charge in [0.15, 0.2) is 0 Å². The third-order valence-corrected chi connectivity index (χ3v) is 4.94. The largest absolute Gasteiger partial charge is 0.490 e. The average molecular weight is 487 g/mol. The average Bonchev–Trinajstić information content (AvgIpc) is 3.49. The molecule has 5 N–H and O–H groups in total. The quantitative estimate of drug-likeness (QED) is 0.240. The zero-order chi connectivity index (χ0) is 25.3. The molecule has 0 aliphatic carbocycles. The van der Waals surface area contributed by atoms with E-state index >= 15 is 0 Å². The Kier molecular flexibility index (Phi) is 8.63. The van der Waals surface area contributed by atoms with Crippen LogP contribution in [0.3, 0.4) is 0 Å². The minimum Gasteiger partial charge on any atom is -0.475 e. The van der Waals surface area contributed by atoms with E-state index in [1.165, 1.54) is 10.9 Å². The Hall–Kier alpha value is -4.12. The van der Waals surface area contributed by atoms with E-state index < -0.39 is 12.1 Å². The minimum atomic E-state index is -5.08. The number of hydrogen-bond donors (Lipinski definition) is 5. The normalized spacial score (nSPS) is 11.1. The Balaban J connectivity index is 0.000000429. The SMILES string of the molecule is O=C(NCCCNCc1c[nH]c2ccccc12)c1cc(-c2ccccc2)n[nH]1.O=C(O)C(F)(F)F. The summed E-state index contributed by atoms with van der Waals surface area (Å²) in [7, 11) is 0. The zero-order valence-corrected chi connectivity index (χ0v) is 18.5. The Bertz CT molecular complexity index is 1250. The third kappa shape index (κ3) is 7.44. The van der Waals surface area contributed by atoms with Crippen LogP contribution in [0.5, 0.6) is 0 Å². The van der Waals surface area contributed by atoms with Crippen LogP contribution < -0.4 is 10.6 Å². The van der Waals surface area contributed by atoms with Gasteiger partial charge in [0.25, 0.3) is 5.91 Å². The summed E-state index contributed by atoms with van der Waals surface area (Å²) in [5, 5.41) is 21.8. The number of carbonyl (C=O) groups is 2. The molecule has 0 atom stereocenters. The topological polar surface area (TPSA) is 123 Å². The molecule has 0 spiro atoms. The molecule has 2 aromatic carbocycles. The maximum atomic E-state index is 12.2. The molecule has 0 aliphatic rings. The van der Waals surface area contributed by atoms with Crippen LogP contribution >= 0.6 is 0 Å². The van der Waals surface area contributed by atoms with Gasteiger partial charge >= 0.3 is 12.1 Å². The van der Waals surface area contributed by atoms with Crippen LogP contribution in [0.2, 0.25) is 0 Å². The van der Waals surface area contributed by atoms with Gasteiger partial charge in [0.2, 0.25) is 0 Å². The van der Waals surface area contributed by atoms with Gasteiger partial charge in [-0.2, -0.15) is 18.3 Å². The number of carboxylic acid groups (broad SMARTS) is 1. The second-order valence-electron chi connectivity index (χ2n) is 7.48. The highest BCUT2D eigenvalue weighted by atomic mass is 19.4. The minimum absolute atomic E-state index is 0.133. The van der Waals surface area contributed by atoms with Crippen molar-refractivity contribution in [2.24, 2.45) is 0 Å². The second-order valence-corrected chi connectivity index (χ2v) is 7.48. The number of nitrogens with one attached hydrogen (secondary N) is 4. The molecule has 0 saturated heterocycles. The number of carbonyl (C=O) groups excluding carboxylic acids is 1. The number of halogens is 3. The fourth-order valence-corrected chi connectivity index (χ4v) is 3.21. The van der Waals surface area contributed by atoms with Crippen LogP contribution in [0.25, 0.3) is 22.2 Å². The lowest BCUT2D eigenvalue weighted by molar-refractivity contribution is -0.192. The molecule has 0 radical (unpaired) electrons. The van der Waals surface area contributed by atoms with Gasteiger partial charge in [0.05, 0.1) is 5.69 Å². The number of benzene rings is 2. The molecule has 0 saturated carbocycles. The highest BCUT2D eigenvalue weighted by Gasteiger charge is 2.38. The Labute approximate surface area is 198 Å². The van der Waals surface area contributed by atoms with Gasteiger partial charge in [-0.15, -0.1) is 0 Å². The van der Waals surface area contributed by atoms with Crippen molar-refractivity contribution < 1.29 is 27.9 Å². The number of aromatic amines is 2. The maximum Gasteiger partial charge on any atom is 0.490 e. The standard InChI is InChI=1S/C22H23N5O.C2HF3O2/c28-22(21-13-20(26-27-21)16-7-2-1-3-8-16)24-12-6-11-23-14-17-15-25-19-10-5-4-9-18(17)19;3-2(4,5)1(6)7/h1-5,7-10,13,15,23,25H,6,11-12,14H2,(H,24,28)(H,26,27);(H,6,7). The molecule has 11 heteroatoms. The molecule has 4 rings (SSSR count). The molecule has 1 amide bonds. The van der Waals surface area contributed by atoms with Crippen LogP contribution in [0, 0.1) is 0 Å². The van der Waals surface area contributed by atoms with Crippen LogP contribution in [0.15, 0.2) is 66.9 Å². The number of carboxylic acids is 1. The number of alkyl halides is 3. The molecule has 184 valence electrons. The lowest BCUT2D eigenvalue weighted by atomic mass is 10.1. The van der Waals surface area contributed by atoms with Crippen LogP contribution in [0.4, 0.5) is 13.2 Å². The summed E-state index contributed by atoms with van der Waals surface area (Å²) in [5.74, 6) is -2.89. The van der Waals surface area contributed by atoms with Crippen LogP contribution in [-0.2, 0) is 11.3 Å². The van der Waals surface area contributed by atoms with Crippen molar-refractivity contribution in [2.45, 2.75) is 19.1 Å². The number of fused-ring (bicyclic) bond motifs is 1. The monoisotopic (exact) mass is 487 g/mol. The highest BCUT2D eigenvalue weighted by molar-refractivity contribution is 5.93. The van der Waals surface area contributed by atoms with Crippen molar-refractivity contribution >= 4 is 22.8 Å². The van der Waals surface area contributed by atoms with E-state index in [0.29, 0.717) is 12.2 Å². The predicted molar refractivity (Wildman–Crippen MR) is 125 cm³/mol. The van der Waals surface area contributed by atoms with Crippen molar-refractivity contribution in [1.82, 2.24) is 25.8 Å². The van der Waals surface area contributed by atoms with E-state index in [4.69, 9.17) is 9.90 Å². The number of nitrogens with zero attached hydrogens (tertiary/aromatic N) is 1. The van der Waals surface area contributed by atoms with E-state index in [0.717, 1.165) is 36.3 Å². The predicted octanol–water partition coefficient (Wildman–Crippen LogP) is 4.10. The fourth-order valence-electron chi connectivity index (χ4n) is 3.21. The van der Waals surface area contributed by atoms with Crippen molar-refractivity contribution in [3.05, 3.63) is 78.1 Å². The third-order valence-electron chi connectivity index (χ3n) is 4.94. The first-order chi connectivity index (χ1) is 16.8. The van der Waals surface area contributed by atoms with Gasteiger partial charge in [0.1, 0.15) is 5.69 Å². The van der Waals surface area contributed by atoms with Crippen molar-refractivity contribution in [2.75, 3.05) is 13.1 Å². The van der Waals surface area contributed by atoms with Crippen LogP contribution in [0.1, 0.15) is 22.5 Å². The first-order valence-corrected chi connectivity index (χ1v) is 10.7. The van der Waals surface area contributed by atoms with E-state index in [2.05, 4.69) is 37.9 Å². The van der Waals surface area contributed by atoms with Gasteiger partial charge in [-0.3, -0.25) is 9.89 Å². The zero-order valence-electron chi connectivity index (χ0n) is 18.5. The molecule has 4 aromatic rings. The van der Waals surface area contributed by atoms with Crippen molar-refractivity contribution in [3.8, 4) is 11.3 Å². The molecule has 8 nitrogen and oxygen atoms in total. The van der Waals surface area contributed by atoms with Crippen molar-refractivity contribution in [3.63, 3.8) is 0 Å². The van der Waals surface area contributed by atoms with E-state index in [9.17, 15) is 18.0 Å². The Morgan fingerprint density at radius 2 is 1.69 bits per heavy atom. The summed E-state index contributed by atoms with van der Waals surface area (Å²) >= 11 is 0. The summed E-state index contributed by atoms with van der Waals surface area (Å²) in [4.78, 5) is 24.4. The van der Waals surface area contributed by atoms with E-state index in [1.54, 1.807) is 6.07 Å². The number of aliphatic carboxylic acids is 1. The summed E-state index contributed by atoms with van der Waals surface area (Å²) < 4.78 is 31.7. The maximum absolute atomic E-state index is 12.2. The van der Waals surface area contributed by atoms with Crippen LogP contribution in [-0.4, -0.2) is 51.4 Å². The van der Waals surface area contributed by atoms with Gasteiger partial charge in [0, 0.05) is 35.8 Å². The molecular formula is C24H24F3N5O3. The van der Waals surface area contributed by atoms with Gasteiger partial charge in [-0.1, -0.05) is 48.5 Å². The number of H-pyrrole nitrogens is 2. The summed E-state index contributed by atoms with van der Waals surface area (Å²) in [6.45, 7) is 2.25. The highest BCUT2D eigenvalue weighted by Crippen LogP contribution is 2.18. The molecule has 35 heavy (non-hydrogen) atoms. The first-order valence-electron chi connectivity index (χ1n) is 10.7. The number of aromatic nitrogens is 3. The summed E-state index contributed by atoms with van der Waals surface area (Å²) in [6, 6.07) is 19.9. The number of rotatable bonds is 8. The molecule has 0 unspecified atom stereocenters. The second kappa shape index (κ2) is 11.8. The van der Waals surface area contributed by atoms with Crippen molar-refractivity contribution in [1.29, 1.82) is 0 Å². The van der Waals surface area contributed by atoms with E-state index in [-0.39, 0.29) is 5.91 Å². The molecule has 2 aromatic heterocycles. The summed E-state index contributed by atoms with van der Waals surface area (Å²) in [5.41, 5.74) is 4.64. The Morgan fingerprint density at radius 3 is 2.40 bits per heavy atom. The number of hydrogen-bond acceptors (Lipinski definition) is 4. The molecular weight excluding hydrogens is 463 g/mol. The smallest absolute Gasteiger partial charge is 0.475 e. The molecule has 0 bridgehead atoms. The molecule has 0 aliphatic heterocycles. The first kappa shape index (κ1) is 25.5. The Morgan fingerprint density at radius 1 is 1.00 bits per heavy atom. The lowest BCUT2D eigenvalue weighted by Crippen LogP contribution is -2.27. The van der Waals surface area contributed by atoms with E-state index in [1.807, 2.05) is 48.7 Å². The number of para-hydroxylation sites is 1. The number of amides is 1. The van der Waals surface area contributed by atoms with Gasteiger partial charge in [-0.05, 0) is 30.7 Å². The van der Waals surface area contributed by atoms with Gasteiger partial charge in [-0.25, -0.2) is 4.79 Å². The summed E-state index contributed by atoms with van der Waals surface area (Å²) in [6.07, 6.45) is -2.18. The van der Waals surface area contributed by atoms with Gasteiger partial charge < -0.3 is 20.7 Å². The lowest BCUT2D eigenvalue weighted by Gasteiger charge is -2.05.